The third-order valence-electron chi connectivity index (χ3n) is 3.53. The lowest BCUT2D eigenvalue weighted by Crippen LogP contribution is -2.38. The van der Waals surface area contributed by atoms with Crippen LogP contribution in [0.5, 0.6) is 0 Å². The Kier molecular flexibility index (Phi) is 4.32. The highest BCUT2D eigenvalue weighted by molar-refractivity contribution is 7.90. The van der Waals surface area contributed by atoms with Gasteiger partial charge < -0.3 is 10.0 Å². The van der Waals surface area contributed by atoms with Crippen molar-refractivity contribution in [2.45, 2.75) is 18.8 Å². The average Bonchev–Trinajstić information content (AvgIpc) is 2.42. The van der Waals surface area contributed by atoms with Crippen LogP contribution in [0.15, 0.2) is 24.3 Å². The number of aliphatic carboxylic acids is 1. The van der Waals surface area contributed by atoms with Gasteiger partial charge >= 0.3 is 5.97 Å². The fourth-order valence-corrected chi connectivity index (χ4v) is 3.03. The third kappa shape index (κ3) is 3.60. The van der Waals surface area contributed by atoms with Gasteiger partial charge in [-0.1, -0.05) is 18.2 Å². The van der Waals surface area contributed by atoms with Gasteiger partial charge in [0.1, 0.15) is 9.84 Å². The third-order valence-corrected chi connectivity index (χ3v) is 4.48. The molecular weight excluding hydrogens is 294 g/mol. The molecule has 21 heavy (non-hydrogen) atoms. The van der Waals surface area contributed by atoms with Crippen LogP contribution in [-0.2, 0) is 19.4 Å². The molecule has 1 aromatic carbocycles. The largest absolute Gasteiger partial charge is 0.481 e. The van der Waals surface area contributed by atoms with Gasteiger partial charge in [0.25, 0.3) is 0 Å². The van der Waals surface area contributed by atoms with Crippen LogP contribution < -0.4 is 4.90 Å². The number of hydrogen-bond donors (Lipinski definition) is 1. The molecule has 7 heteroatoms. The van der Waals surface area contributed by atoms with Crippen LogP contribution in [0.2, 0.25) is 0 Å². The van der Waals surface area contributed by atoms with Crippen LogP contribution >= 0.6 is 0 Å². The molecular formula is C14H17NO5S. The Hall–Kier alpha value is -1.89. The minimum Gasteiger partial charge on any atom is -0.481 e. The summed E-state index contributed by atoms with van der Waals surface area (Å²) in [5.41, 5.74) is 1.17. The van der Waals surface area contributed by atoms with Gasteiger partial charge in [0.15, 0.2) is 0 Å². The van der Waals surface area contributed by atoms with Gasteiger partial charge in [0.2, 0.25) is 5.91 Å². The highest BCUT2D eigenvalue weighted by Crippen LogP contribution is 2.35. The zero-order valence-electron chi connectivity index (χ0n) is 11.7. The van der Waals surface area contributed by atoms with Crippen molar-refractivity contribution in [1.29, 1.82) is 0 Å². The molecule has 1 amide bonds. The Balaban J connectivity index is 2.25. The van der Waals surface area contributed by atoms with Gasteiger partial charge in [-0.05, 0) is 18.1 Å². The summed E-state index contributed by atoms with van der Waals surface area (Å²) in [6, 6.07) is 6.87. The van der Waals surface area contributed by atoms with E-state index in [0.717, 1.165) is 6.26 Å². The molecule has 1 heterocycles. The van der Waals surface area contributed by atoms with Gasteiger partial charge in [-0.2, -0.15) is 0 Å². The summed E-state index contributed by atoms with van der Waals surface area (Å²) in [5, 5.41) is 9.24. The molecule has 0 radical (unpaired) electrons. The molecule has 0 saturated carbocycles. The number of amides is 1. The van der Waals surface area contributed by atoms with E-state index in [2.05, 4.69) is 0 Å². The predicted molar refractivity (Wildman–Crippen MR) is 78.1 cm³/mol. The van der Waals surface area contributed by atoms with E-state index in [0.29, 0.717) is 17.7 Å². The van der Waals surface area contributed by atoms with E-state index in [4.69, 9.17) is 0 Å². The van der Waals surface area contributed by atoms with Crippen LogP contribution in [0.25, 0.3) is 0 Å². The van der Waals surface area contributed by atoms with E-state index in [1.807, 2.05) is 0 Å². The van der Waals surface area contributed by atoms with E-state index < -0.39 is 21.7 Å². The van der Waals surface area contributed by atoms with Crippen molar-refractivity contribution in [2.24, 2.45) is 0 Å². The maximum atomic E-state index is 12.2. The summed E-state index contributed by atoms with van der Waals surface area (Å²) in [5.74, 6) is -2.03. The van der Waals surface area contributed by atoms with Crippen LogP contribution in [0.4, 0.5) is 5.69 Å². The van der Waals surface area contributed by atoms with Gasteiger partial charge in [-0.15, -0.1) is 0 Å². The standard InChI is InChI=1S/C14H17NO5S/c1-21(19,20)9-7-13(16)15-8-6-11(14(17)18)10-4-2-3-5-12(10)15/h2-5,11H,6-9H2,1H3,(H,17,18). The molecule has 0 spiro atoms. The van der Waals surface area contributed by atoms with E-state index >= 15 is 0 Å². The first kappa shape index (κ1) is 15.5. The second-order valence-electron chi connectivity index (χ2n) is 5.16. The lowest BCUT2D eigenvalue weighted by atomic mass is 9.90. The average molecular weight is 311 g/mol. The number of sulfone groups is 1. The molecule has 0 bridgehead atoms. The summed E-state index contributed by atoms with van der Waals surface area (Å²) in [4.78, 5) is 25.0. The van der Waals surface area contributed by atoms with E-state index in [9.17, 15) is 23.1 Å². The molecule has 1 N–H and O–H groups in total. The fraction of sp³-hybridized carbons (Fsp3) is 0.429. The molecule has 1 atom stereocenters. The van der Waals surface area contributed by atoms with Gasteiger partial charge in [-0.25, -0.2) is 8.42 Å². The minimum absolute atomic E-state index is 0.0924. The van der Waals surface area contributed by atoms with Crippen molar-refractivity contribution in [3.05, 3.63) is 29.8 Å². The van der Waals surface area contributed by atoms with Crippen molar-refractivity contribution >= 4 is 27.4 Å². The van der Waals surface area contributed by atoms with Crippen LogP contribution in [0.1, 0.15) is 24.3 Å². The Labute approximate surface area is 123 Å². The molecule has 114 valence electrons. The number of rotatable bonds is 4. The smallest absolute Gasteiger partial charge is 0.311 e. The van der Waals surface area contributed by atoms with Crippen molar-refractivity contribution in [2.75, 3.05) is 23.5 Å². The number of carboxylic acid groups (broad SMARTS) is 1. The molecule has 1 unspecified atom stereocenters. The summed E-state index contributed by atoms with van der Waals surface area (Å²) < 4.78 is 22.3. The van der Waals surface area contributed by atoms with E-state index in [1.54, 1.807) is 24.3 Å². The summed E-state index contributed by atoms with van der Waals surface area (Å²) in [6.45, 7) is 0.288. The lowest BCUT2D eigenvalue weighted by Gasteiger charge is -2.32. The van der Waals surface area contributed by atoms with E-state index in [-0.39, 0.29) is 24.6 Å². The predicted octanol–water partition coefficient (Wildman–Crippen LogP) is 1.03. The summed E-state index contributed by atoms with van der Waals surface area (Å²) in [7, 11) is -3.20. The molecule has 1 aliphatic heterocycles. The van der Waals surface area contributed by atoms with Gasteiger partial charge in [-0.3, -0.25) is 9.59 Å². The molecule has 6 nitrogen and oxygen atoms in total. The number of hydrogen-bond acceptors (Lipinski definition) is 4. The first-order valence-corrected chi connectivity index (χ1v) is 8.65. The number of nitrogens with zero attached hydrogens (tertiary/aromatic N) is 1. The van der Waals surface area contributed by atoms with Crippen molar-refractivity contribution < 1.29 is 23.1 Å². The Morgan fingerprint density at radius 1 is 1.33 bits per heavy atom. The SMILES string of the molecule is CS(=O)(=O)CCC(=O)N1CCC(C(=O)O)c2ccccc21. The summed E-state index contributed by atoms with van der Waals surface area (Å²) >= 11 is 0. The lowest BCUT2D eigenvalue weighted by molar-refractivity contribution is -0.139. The second-order valence-corrected chi connectivity index (χ2v) is 7.42. The zero-order valence-corrected chi connectivity index (χ0v) is 12.5. The topological polar surface area (TPSA) is 91.8 Å². The molecule has 2 rings (SSSR count). The number of carboxylic acids is 1. The molecule has 0 aliphatic carbocycles. The molecule has 0 aromatic heterocycles. The number of para-hydroxylation sites is 1. The Morgan fingerprint density at radius 3 is 2.62 bits per heavy atom. The highest BCUT2D eigenvalue weighted by atomic mass is 32.2. The maximum Gasteiger partial charge on any atom is 0.311 e. The van der Waals surface area contributed by atoms with Crippen molar-refractivity contribution in [3.8, 4) is 0 Å². The van der Waals surface area contributed by atoms with Crippen LogP contribution in [-0.4, -0.2) is 44.0 Å². The summed E-state index contributed by atoms with van der Waals surface area (Å²) in [6.07, 6.45) is 1.33. The van der Waals surface area contributed by atoms with Crippen molar-refractivity contribution in [1.82, 2.24) is 0 Å². The first-order chi connectivity index (χ1) is 9.79. The number of fused-ring (bicyclic) bond motifs is 1. The van der Waals surface area contributed by atoms with Gasteiger partial charge in [0.05, 0.1) is 11.7 Å². The molecule has 1 aliphatic rings. The first-order valence-electron chi connectivity index (χ1n) is 6.59. The number of anilines is 1. The van der Waals surface area contributed by atoms with Crippen LogP contribution in [0.3, 0.4) is 0 Å². The quantitative estimate of drug-likeness (QED) is 0.896. The normalized spacial score (nSPS) is 18.1. The maximum absolute atomic E-state index is 12.2. The van der Waals surface area contributed by atoms with Crippen molar-refractivity contribution in [3.63, 3.8) is 0 Å². The minimum atomic E-state index is -3.20. The fourth-order valence-electron chi connectivity index (χ4n) is 2.49. The molecule has 1 aromatic rings. The molecule has 0 saturated heterocycles. The number of carbonyl (C=O) groups is 2. The second kappa shape index (κ2) is 5.85. The Morgan fingerprint density at radius 2 is 2.00 bits per heavy atom. The number of carbonyl (C=O) groups excluding carboxylic acids is 1. The molecule has 0 fully saturated rings. The Bertz CT molecular complexity index is 668. The highest BCUT2D eigenvalue weighted by Gasteiger charge is 2.32. The number of benzene rings is 1. The zero-order chi connectivity index (χ0) is 15.6. The van der Waals surface area contributed by atoms with Gasteiger partial charge in [0, 0.05) is 24.9 Å². The van der Waals surface area contributed by atoms with Crippen LogP contribution in [0, 0.1) is 0 Å². The monoisotopic (exact) mass is 311 g/mol. The van der Waals surface area contributed by atoms with E-state index in [1.165, 1.54) is 4.90 Å².